The first-order chi connectivity index (χ1) is 16.7. The number of anilines is 1. The molecule has 2 N–H and O–H groups in total. The molecule has 8 nitrogen and oxygen atoms in total. The zero-order valence-electron chi connectivity index (χ0n) is 19.0. The average molecular weight is 623 g/mol. The Bertz CT molecular complexity index is 1260. The lowest BCUT2D eigenvalue weighted by molar-refractivity contribution is -0.150. The molecule has 2 amide bonds. The van der Waals surface area contributed by atoms with Gasteiger partial charge in [0.15, 0.2) is 0 Å². The largest absolute Gasteiger partial charge is 0.496 e. The molecule has 0 aromatic heterocycles. The molecule has 0 radical (unpaired) electrons. The topological polar surface area (TPSA) is 118 Å². The second kappa shape index (κ2) is 11.7. The van der Waals surface area contributed by atoms with E-state index in [0.717, 1.165) is 21.8 Å². The van der Waals surface area contributed by atoms with E-state index in [1.54, 1.807) is 24.3 Å². The number of esters is 1. The number of ether oxygens (including phenoxy) is 2. The summed E-state index contributed by atoms with van der Waals surface area (Å²) in [6.45, 7) is 1.87. The molecule has 2 aromatic carbocycles. The first-order valence-corrected chi connectivity index (χ1v) is 12.8. The van der Waals surface area contributed by atoms with Gasteiger partial charge in [-0.05, 0) is 64.3 Å². The van der Waals surface area contributed by atoms with Crippen molar-refractivity contribution >= 4 is 67.1 Å². The van der Waals surface area contributed by atoms with Crippen molar-refractivity contribution in [1.82, 2.24) is 5.32 Å². The monoisotopic (exact) mass is 621 g/mol. The Balaban J connectivity index is 1.92. The van der Waals surface area contributed by atoms with Crippen LogP contribution in [0.1, 0.15) is 17.0 Å². The van der Waals surface area contributed by atoms with Crippen LogP contribution in [-0.2, 0) is 19.1 Å². The van der Waals surface area contributed by atoms with Crippen LogP contribution in [0, 0.1) is 24.2 Å². The Morgan fingerprint density at radius 1 is 1.20 bits per heavy atom. The van der Waals surface area contributed by atoms with E-state index in [-0.39, 0.29) is 22.3 Å². The summed E-state index contributed by atoms with van der Waals surface area (Å²) in [6.07, 6.45) is 0. The van der Waals surface area contributed by atoms with E-state index in [2.05, 4.69) is 48.6 Å². The fourth-order valence-corrected chi connectivity index (χ4v) is 5.53. The van der Waals surface area contributed by atoms with Crippen LogP contribution >= 0.6 is 43.6 Å². The third-order valence-electron chi connectivity index (χ3n) is 5.33. The first kappa shape index (κ1) is 26.8. The number of methoxy groups -OCH3 is 2. The van der Waals surface area contributed by atoms with Gasteiger partial charge in [-0.2, -0.15) is 5.26 Å². The molecule has 2 aromatic rings. The summed E-state index contributed by atoms with van der Waals surface area (Å²) < 4.78 is 11.6. The lowest BCUT2D eigenvalue weighted by Gasteiger charge is -2.31. The number of rotatable bonds is 7. The number of nitrogens with zero attached hydrogens (tertiary/aromatic N) is 1. The molecule has 182 valence electrons. The van der Waals surface area contributed by atoms with Gasteiger partial charge >= 0.3 is 5.97 Å². The molecule has 2 atom stereocenters. The van der Waals surface area contributed by atoms with E-state index < -0.39 is 23.7 Å². The number of aryl methyl sites for hydroxylation is 1. The molecular weight excluding hydrogens is 602 g/mol. The zero-order chi connectivity index (χ0) is 25.7. The van der Waals surface area contributed by atoms with E-state index in [1.165, 1.54) is 14.2 Å². The van der Waals surface area contributed by atoms with Crippen molar-refractivity contribution in [1.29, 1.82) is 5.26 Å². The summed E-state index contributed by atoms with van der Waals surface area (Å²) in [5.41, 5.74) is 2.25. The molecule has 0 unspecified atom stereocenters. The van der Waals surface area contributed by atoms with E-state index in [0.29, 0.717) is 21.5 Å². The van der Waals surface area contributed by atoms with Gasteiger partial charge in [-0.1, -0.05) is 33.8 Å². The van der Waals surface area contributed by atoms with Crippen molar-refractivity contribution in [3.05, 3.63) is 67.1 Å². The molecule has 0 fully saturated rings. The molecule has 11 heteroatoms. The number of hydrogen-bond acceptors (Lipinski definition) is 7. The van der Waals surface area contributed by atoms with Crippen LogP contribution in [0.15, 0.2) is 55.9 Å². The third kappa shape index (κ3) is 6.07. The molecule has 1 heterocycles. The van der Waals surface area contributed by atoms with Crippen LogP contribution in [-0.4, -0.2) is 37.8 Å². The molecule has 0 spiro atoms. The number of carbonyl (C=O) groups excluding carboxylic acids is 3. The maximum Gasteiger partial charge on any atom is 0.319 e. The quantitative estimate of drug-likeness (QED) is 0.341. The van der Waals surface area contributed by atoms with Gasteiger partial charge in [-0.15, -0.1) is 0 Å². The normalized spacial score (nSPS) is 17.3. The van der Waals surface area contributed by atoms with E-state index in [4.69, 9.17) is 9.47 Å². The van der Waals surface area contributed by atoms with Gasteiger partial charge in [0.25, 0.3) is 0 Å². The molecule has 1 aliphatic rings. The Morgan fingerprint density at radius 3 is 2.54 bits per heavy atom. The second-order valence-electron chi connectivity index (χ2n) is 7.51. The number of hydrogen-bond donors (Lipinski definition) is 2. The van der Waals surface area contributed by atoms with Gasteiger partial charge in [0.1, 0.15) is 11.7 Å². The number of halogens is 2. The summed E-state index contributed by atoms with van der Waals surface area (Å²) >= 11 is 7.81. The average Bonchev–Trinajstić information content (AvgIpc) is 2.83. The molecule has 35 heavy (non-hydrogen) atoms. The third-order valence-corrected chi connectivity index (χ3v) is 7.46. The predicted molar refractivity (Wildman–Crippen MR) is 140 cm³/mol. The summed E-state index contributed by atoms with van der Waals surface area (Å²) in [6, 6.07) is 12.7. The van der Waals surface area contributed by atoms with Gasteiger partial charge in [0, 0.05) is 16.1 Å². The van der Waals surface area contributed by atoms with Gasteiger partial charge in [-0.3, -0.25) is 14.4 Å². The number of benzene rings is 2. The van der Waals surface area contributed by atoms with Gasteiger partial charge in [0.2, 0.25) is 11.8 Å². The number of carbonyl (C=O) groups is 3. The van der Waals surface area contributed by atoms with Gasteiger partial charge in [0.05, 0.1) is 41.1 Å². The minimum atomic E-state index is -1.27. The lowest BCUT2D eigenvalue weighted by atomic mass is 9.78. The molecule has 3 rings (SSSR count). The van der Waals surface area contributed by atoms with Crippen LogP contribution in [0.2, 0.25) is 0 Å². The number of allylic oxidation sites excluding steroid dienone is 1. The smallest absolute Gasteiger partial charge is 0.319 e. The van der Waals surface area contributed by atoms with Crippen LogP contribution < -0.4 is 15.4 Å². The van der Waals surface area contributed by atoms with Gasteiger partial charge in [-0.25, -0.2) is 0 Å². The van der Waals surface area contributed by atoms with E-state index in [1.807, 2.05) is 19.1 Å². The SMILES string of the molecule is COC(=O)[C@@H]1C(=O)NC(SCC(=O)Nc2ccc(Br)cc2C)=C(C#N)[C@@H]1c1ccc(OC)c(Br)c1. The molecule has 0 saturated carbocycles. The van der Waals surface area contributed by atoms with Crippen molar-refractivity contribution in [3.63, 3.8) is 0 Å². The molecular formula is C24H21Br2N3O5S. The van der Waals surface area contributed by atoms with E-state index >= 15 is 0 Å². The molecule has 0 aliphatic carbocycles. The highest BCUT2D eigenvalue weighted by molar-refractivity contribution is 9.10. The minimum Gasteiger partial charge on any atom is -0.496 e. The standard InChI is InChI=1S/C24H21Br2N3O5S/c1-12-8-14(25)5-6-17(12)28-19(30)11-35-23-15(10-27)20(21(22(31)29-23)24(32)34-3)13-4-7-18(33-2)16(26)9-13/h4-9,20-21H,11H2,1-3H3,(H,28,30)(H,29,31)/t20-,21-/m0/s1. The van der Waals surface area contributed by atoms with Gasteiger partial charge < -0.3 is 20.1 Å². The summed E-state index contributed by atoms with van der Waals surface area (Å²) in [5, 5.41) is 15.7. The van der Waals surface area contributed by atoms with Crippen LogP contribution in [0.4, 0.5) is 5.69 Å². The highest BCUT2D eigenvalue weighted by Gasteiger charge is 2.44. The van der Waals surface area contributed by atoms with E-state index in [9.17, 15) is 19.6 Å². The summed E-state index contributed by atoms with van der Waals surface area (Å²) in [7, 11) is 2.70. The number of amides is 2. The maximum absolute atomic E-state index is 13.0. The first-order valence-electron chi connectivity index (χ1n) is 10.2. The molecule has 0 bridgehead atoms. The van der Waals surface area contributed by atoms with Crippen molar-refractivity contribution in [2.75, 3.05) is 25.3 Å². The Kier molecular flexibility index (Phi) is 8.99. The Labute approximate surface area is 223 Å². The lowest BCUT2D eigenvalue weighted by Crippen LogP contribution is -2.44. The highest BCUT2D eigenvalue weighted by atomic mass is 79.9. The van der Waals surface area contributed by atoms with Crippen molar-refractivity contribution in [2.45, 2.75) is 12.8 Å². The fraction of sp³-hybridized carbons (Fsp3) is 0.250. The molecule has 1 aliphatic heterocycles. The van der Waals surface area contributed by atoms with Crippen molar-refractivity contribution in [2.24, 2.45) is 5.92 Å². The van der Waals surface area contributed by atoms with Crippen molar-refractivity contribution < 1.29 is 23.9 Å². The number of nitrogens with one attached hydrogen (secondary N) is 2. The van der Waals surface area contributed by atoms with Crippen LogP contribution in [0.5, 0.6) is 5.75 Å². The molecule has 0 saturated heterocycles. The highest BCUT2D eigenvalue weighted by Crippen LogP contribution is 2.42. The Hall–Kier alpha value is -2.81. The van der Waals surface area contributed by atoms with Crippen molar-refractivity contribution in [3.8, 4) is 11.8 Å². The van der Waals surface area contributed by atoms with Crippen LogP contribution in [0.25, 0.3) is 0 Å². The zero-order valence-corrected chi connectivity index (χ0v) is 23.0. The summed E-state index contributed by atoms with van der Waals surface area (Å²) in [5.74, 6) is -3.35. The number of nitriles is 1. The van der Waals surface area contributed by atoms with Crippen LogP contribution in [0.3, 0.4) is 0 Å². The number of thioether (sulfide) groups is 1. The second-order valence-corrected chi connectivity index (χ2v) is 10.3. The predicted octanol–water partition coefficient (Wildman–Crippen LogP) is 4.64. The fourth-order valence-electron chi connectivity index (χ4n) is 3.65. The Morgan fingerprint density at radius 2 is 1.94 bits per heavy atom. The minimum absolute atomic E-state index is 0.0573. The maximum atomic E-state index is 13.0. The summed E-state index contributed by atoms with van der Waals surface area (Å²) in [4.78, 5) is 38.1.